The molecule has 0 radical (unpaired) electrons. The minimum absolute atomic E-state index is 0.125. The molecule has 1 aromatic carbocycles. The van der Waals surface area contributed by atoms with E-state index >= 15 is 0 Å². The summed E-state index contributed by atoms with van der Waals surface area (Å²) in [7, 11) is -3.36. The van der Waals surface area contributed by atoms with Gasteiger partial charge in [0.1, 0.15) is 0 Å². The number of sulfonamides is 1. The van der Waals surface area contributed by atoms with Gasteiger partial charge in [-0.15, -0.1) is 0 Å². The molecule has 1 saturated carbocycles. The van der Waals surface area contributed by atoms with Crippen LogP contribution in [0.1, 0.15) is 26.7 Å². The number of benzene rings is 1. The van der Waals surface area contributed by atoms with Gasteiger partial charge in [-0.3, -0.25) is 0 Å². The SMILES string of the molecule is CCOC(C)CNc1ccc(S(=O)(=O)NC2CC2)cc1. The van der Waals surface area contributed by atoms with E-state index in [4.69, 9.17) is 4.74 Å². The molecule has 20 heavy (non-hydrogen) atoms. The molecule has 1 aliphatic carbocycles. The molecular weight excluding hydrogens is 276 g/mol. The first-order chi connectivity index (χ1) is 9.51. The summed E-state index contributed by atoms with van der Waals surface area (Å²) in [6, 6.07) is 6.93. The van der Waals surface area contributed by atoms with Crippen LogP contribution in [-0.2, 0) is 14.8 Å². The van der Waals surface area contributed by atoms with Crippen molar-refractivity contribution >= 4 is 15.7 Å². The quantitative estimate of drug-likeness (QED) is 0.770. The van der Waals surface area contributed by atoms with Gasteiger partial charge in [0.25, 0.3) is 0 Å². The van der Waals surface area contributed by atoms with E-state index < -0.39 is 10.0 Å². The molecule has 1 fully saturated rings. The lowest BCUT2D eigenvalue weighted by Gasteiger charge is -2.14. The first-order valence-corrected chi connectivity index (χ1v) is 8.47. The average molecular weight is 298 g/mol. The third kappa shape index (κ3) is 4.47. The molecule has 1 atom stereocenters. The molecule has 1 aromatic rings. The Balaban J connectivity index is 1.92. The second-order valence-corrected chi connectivity index (χ2v) is 6.78. The zero-order valence-corrected chi connectivity index (χ0v) is 12.7. The van der Waals surface area contributed by atoms with E-state index in [1.807, 2.05) is 13.8 Å². The van der Waals surface area contributed by atoms with Gasteiger partial charge >= 0.3 is 0 Å². The molecule has 2 rings (SSSR count). The summed E-state index contributed by atoms with van der Waals surface area (Å²) in [6.07, 6.45) is 2.00. The van der Waals surface area contributed by atoms with Crippen molar-refractivity contribution in [2.75, 3.05) is 18.5 Å². The van der Waals surface area contributed by atoms with E-state index in [-0.39, 0.29) is 12.1 Å². The minimum Gasteiger partial charge on any atom is -0.382 e. The second-order valence-electron chi connectivity index (χ2n) is 5.07. The van der Waals surface area contributed by atoms with Gasteiger partial charge < -0.3 is 10.1 Å². The van der Waals surface area contributed by atoms with Crippen molar-refractivity contribution in [2.24, 2.45) is 0 Å². The molecule has 0 aromatic heterocycles. The zero-order chi connectivity index (χ0) is 14.6. The molecule has 6 heteroatoms. The highest BCUT2D eigenvalue weighted by molar-refractivity contribution is 7.89. The minimum atomic E-state index is -3.36. The van der Waals surface area contributed by atoms with E-state index in [2.05, 4.69) is 10.0 Å². The standard InChI is InChI=1S/C14H22N2O3S/c1-3-19-11(2)10-15-12-6-8-14(9-7-12)20(17,18)16-13-4-5-13/h6-9,11,13,15-16H,3-5,10H2,1-2H3. The van der Waals surface area contributed by atoms with Crippen LogP contribution < -0.4 is 10.0 Å². The largest absolute Gasteiger partial charge is 0.382 e. The third-order valence-corrected chi connectivity index (χ3v) is 4.65. The third-order valence-electron chi connectivity index (χ3n) is 3.11. The van der Waals surface area contributed by atoms with Gasteiger partial charge in [-0.25, -0.2) is 13.1 Å². The smallest absolute Gasteiger partial charge is 0.240 e. The Hall–Kier alpha value is -1.11. The van der Waals surface area contributed by atoms with Crippen molar-refractivity contribution in [1.29, 1.82) is 0 Å². The highest BCUT2D eigenvalue weighted by atomic mass is 32.2. The van der Waals surface area contributed by atoms with Gasteiger partial charge in [-0.1, -0.05) is 0 Å². The highest BCUT2D eigenvalue weighted by Gasteiger charge is 2.27. The van der Waals surface area contributed by atoms with Crippen molar-refractivity contribution in [1.82, 2.24) is 4.72 Å². The van der Waals surface area contributed by atoms with E-state index in [1.165, 1.54) is 0 Å². The van der Waals surface area contributed by atoms with Crippen molar-refractivity contribution in [3.63, 3.8) is 0 Å². The summed E-state index contributed by atoms with van der Waals surface area (Å²) >= 11 is 0. The van der Waals surface area contributed by atoms with Crippen LogP contribution in [-0.4, -0.2) is 33.7 Å². The van der Waals surface area contributed by atoms with Crippen LogP contribution in [0.25, 0.3) is 0 Å². The molecule has 0 heterocycles. The number of hydrogen-bond donors (Lipinski definition) is 2. The summed E-state index contributed by atoms with van der Waals surface area (Å²) in [5, 5.41) is 3.22. The molecule has 0 bridgehead atoms. The summed E-state index contributed by atoms with van der Waals surface area (Å²) in [5.41, 5.74) is 0.891. The van der Waals surface area contributed by atoms with Crippen molar-refractivity contribution in [2.45, 2.75) is 43.7 Å². The van der Waals surface area contributed by atoms with Crippen molar-refractivity contribution < 1.29 is 13.2 Å². The summed E-state index contributed by atoms with van der Waals surface area (Å²) in [4.78, 5) is 0.313. The van der Waals surface area contributed by atoms with E-state index in [9.17, 15) is 8.42 Å². The molecule has 1 unspecified atom stereocenters. The fourth-order valence-electron chi connectivity index (χ4n) is 1.85. The molecular formula is C14H22N2O3S. The lowest BCUT2D eigenvalue weighted by atomic mass is 10.3. The maximum absolute atomic E-state index is 12.0. The molecule has 1 aliphatic rings. The van der Waals surface area contributed by atoms with E-state index in [0.29, 0.717) is 18.0 Å². The van der Waals surface area contributed by atoms with Crippen molar-refractivity contribution in [3.05, 3.63) is 24.3 Å². The fourth-order valence-corrected chi connectivity index (χ4v) is 3.15. The summed E-state index contributed by atoms with van der Waals surface area (Å²) < 4.78 is 32.1. The van der Waals surface area contributed by atoms with Crippen LogP contribution in [0.5, 0.6) is 0 Å². The Morgan fingerprint density at radius 3 is 2.50 bits per heavy atom. The van der Waals surface area contributed by atoms with Crippen LogP contribution in [0.15, 0.2) is 29.2 Å². The lowest BCUT2D eigenvalue weighted by molar-refractivity contribution is 0.0855. The fraction of sp³-hybridized carbons (Fsp3) is 0.571. The monoisotopic (exact) mass is 298 g/mol. The van der Waals surface area contributed by atoms with Crippen LogP contribution in [0.2, 0.25) is 0 Å². The number of ether oxygens (including phenoxy) is 1. The van der Waals surface area contributed by atoms with E-state index in [1.54, 1.807) is 24.3 Å². The summed E-state index contributed by atoms with van der Waals surface area (Å²) in [5.74, 6) is 0. The predicted molar refractivity (Wildman–Crippen MR) is 79.4 cm³/mol. The van der Waals surface area contributed by atoms with Crippen molar-refractivity contribution in [3.8, 4) is 0 Å². The Labute approximate surface area is 120 Å². The van der Waals surface area contributed by atoms with Gasteiger partial charge in [0.05, 0.1) is 11.0 Å². The van der Waals surface area contributed by atoms with Crippen LogP contribution >= 0.6 is 0 Å². The average Bonchev–Trinajstić information content (AvgIpc) is 3.20. The molecule has 0 amide bonds. The maximum Gasteiger partial charge on any atom is 0.240 e. The number of hydrogen-bond acceptors (Lipinski definition) is 4. The lowest BCUT2D eigenvalue weighted by Crippen LogP contribution is -2.25. The van der Waals surface area contributed by atoms with E-state index in [0.717, 1.165) is 18.5 Å². The van der Waals surface area contributed by atoms with Gasteiger partial charge in [0, 0.05) is 24.9 Å². The summed E-state index contributed by atoms with van der Waals surface area (Å²) in [6.45, 7) is 5.34. The topological polar surface area (TPSA) is 67.4 Å². The Kier molecular flexibility index (Phi) is 5.01. The van der Waals surface area contributed by atoms with Crippen LogP contribution in [0.3, 0.4) is 0 Å². The molecule has 5 nitrogen and oxygen atoms in total. The van der Waals surface area contributed by atoms with Gasteiger partial charge in [-0.05, 0) is 51.0 Å². The first-order valence-electron chi connectivity index (χ1n) is 6.99. The zero-order valence-electron chi connectivity index (χ0n) is 11.9. The Morgan fingerprint density at radius 1 is 1.30 bits per heavy atom. The second kappa shape index (κ2) is 6.56. The maximum atomic E-state index is 12.0. The first kappa shape index (κ1) is 15.3. The van der Waals surface area contributed by atoms with Crippen LogP contribution in [0.4, 0.5) is 5.69 Å². The van der Waals surface area contributed by atoms with Gasteiger partial charge in [-0.2, -0.15) is 0 Å². The predicted octanol–water partition coefficient (Wildman–Crippen LogP) is 1.96. The normalized spacial score (nSPS) is 16.9. The number of nitrogens with one attached hydrogen (secondary N) is 2. The Morgan fingerprint density at radius 2 is 1.95 bits per heavy atom. The molecule has 0 spiro atoms. The number of anilines is 1. The van der Waals surface area contributed by atoms with Gasteiger partial charge in [0.2, 0.25) is 10.0 Å². The highest BCUT2D eigenvalue weighted by Crippen LogP contribution is 2.22. The molecule has 112 valence electrons. The molecule has 2 N–H and O–H groups in total. The Bertz CT molecular complexity index is 524. The number of rotatable bonds is 8. The van der Waals surface area contributed by atoms with Crippen LogP contribution in [0, 0.1) is 0 Å². The molecule has 0 saturated heterocycles. The van der Waals surface area contributed by atoms with Gasteiger partial charge in [0.15, 0.2) is 0 Å². The molecule has 0 aliphatic heterocycles.